The molecule has 0 unspecified atom stereocenters. The van der Waals surface area contributed by atoms with E-state index in [9.17, 15) is 0 Å². The number of hydrogen-bond donors (Lipinski definition) is 2. The maximum atomic E-state index is 5.77. The molecule has 0 atom stereocenters. The quantitative estimate of drug-likeness (QED) is 0.836. The van der Waals surface area contributed by atoms with Crippen LogP contribution in [0.2, 0.25) is 0 Å². The Morgan fingerprint density at radius 2 is 2.05 bits per heavy atom. The van der Waals surface area contributed by atoms with Gasteiger partial charge in [0.2, 0.25) is 0 Å². The van der Waals surface area contributed by atoms with Gasteiger partial charge in [-0.2, -0.15) is 0 Å². The van der Waals surface area contributed by atoms with Gasteiger partial charge in [-0.05, 0) is 49.2 Å². The topological polar surface area (TPSA) is 50.9 Å². The number of benzene rings is 1. The van der Waals surface area contributed by atoms with Gasteiger partial charge in [-0.3, -0.25) is 0 Å². The number of hydrogen-bond acceptors (Lipinski definition) is 3. The lowest BCUT2D eigenvalue weighted by Gasteiger charge is -2.13. The zero-order chi connectivity index (χ0) is 14.0. The summed E-state index contributed by atoms with van der Waals surface area (Å²) < 4.78 is 1.01. The molecule has 0 amide bonds. The van der Waals surface area contributed by atoms with Crippen molar-refractivity contribution in [3.63, 3.8) is 0 Å². The summed E-state index contributed by atoms with van der Waals surface area (Å²) in [5.74, 6) is 0.685. The highest BCUT2D eigenvalue weighted by Gasteiger charge is 2.10. The van der Waals surface area contributed by atoms with E-state index in [1.165, 1.54) is 0 Å². The van der Waals surface area contributed by atoms with Crippen LogP contribution in [0.3, 0.4) is 0 Å². The maximum absolute atomic E-state index is 5.77. The molecule has 98 valence electrons. The van der Waals surface area contributed by atoms with Crippen LogP contribution in [0, 0.1) is 13.8 Å². The Morgan fingerprint density at radius 3 is 2.68 bits per heavy atom. The Kier molecular flexibility index (Phi) is 4.17. The molecule has 0 fully saturated rings. The Bertz CT molecular complexity index is 620. The molecule has 3 N–H and O–H groups in total. The van der Waals surface area contributed by atoms with Crippen LogP contribution in [0.15, 0.2) is 34.9 Å². The first-order valence-electron chi connectivity index (χ1n) is 5.77. The van der Waals surface area contributed by atoms with Crippen molar-refractivity contribution in [3.05, 3.63) is 51.6 Å². The molecular weight excluding hydrogens is 322 g/mol. The highest BCUT2D eigenvalue weighted by atomic mass is 79.9. The van der Waals surface area contributed by atoms with Crippen molar-refractivity contribution in [3.8, 4) is 0 Å². The predicted molar refractivity (Wildman–Crippen MR) is 87.0 cm³/mol. The van der Waals surface area contributed by atoms with Crippen LogP contribution >= 0.6 is 28.1 Å². The maximum Gasteiger partial charge on any atom is 0.140 e. The second kappa shape index (κ2) is 5.67. The largest absolute Gasteiger partial charge is 0.389 e. The summed E-state index contributed by atoms with van der Waals surface area (Å²) >= 11 is 8.57. The molecule has 5 heteroatoms. The number of rotatable bonds is 3. The molecule has 1 aromatic heterocycles. The van der Waals surface area contributed by atoms with E-state index in [0.29, 0.717) is 10.8 Å². The lowest BCUT2D eigenvalue weighted by molar-refractivity contribution is 1.25. The number of nitrogens with zero attached hydrogens (tertiary/aromatic N) is 1. The van der Waals surface area contributed by atoms with E-state index >= 15 is 0 Å². The van der Waals surface area contributed by atoms with E-state index in [0.717, 1.165) is 26.9 Å². The number of aromatic nitrogens is 1. The molecule has 2 rings (SSSR count). The fourth-order valence-corrected chi connectivity index (χ4v) is 2.77. The SMILES string of the molecule is Cc1cc(Br)cc(Nc2nccc(C)c2C(N)=S)c1. The number of nitrogens with one attached hydrogen (secondary N) is 1. The highest BCUT2D eigenvalue weighted by molar-refractivity contribution is 9.10. The summed E-state index contributed by atoms with van der Waals surface area (Å²) in [4.78, 5) is 4.67. The number of anilines is 2. The monoisotopic (exact) mass is 335 g/mol. The van der Waals surface area contributed by atoms with Gasteiger partial charge < -0.3 is 11.1 Å². The molecular formula is C14H14BrN3S. The van der Waals surface area contributed by atoms with Crippen LogP contribution < -0.4 is 11.1 Å². The van der Waals surface area contributed by atoms with E-state index in [4.69, 9.17) is 18.0 Å². The van der Waals surface area contributed by atoms with Gasteiger partial charge in [-0.15, -0.1) is 0 Å². The van der Waals surface area contributed by atoms with E-state index in [1.807, 2.05) is 38.1 Å². The standard InChI is InChI=1S/C14H14BrN3S/c1-8-5-10(15)7-11(6-8)18-14-12(13(16)19)9(2)3-4-17-14/h3-7H,1-2H3,(H2,16,19)(H,17,18). The minimum absolute atomic E-state index is 0.347. The first-order chi connectivity index (χ1) is 8.97. The Hall–Kier alpha value is -1.46. The molecule has 0 saturated carbocycles. The highest BCUT2D eigenvalue weighted by Crippen LogP contribution is 2.24. The van der Waals surface area contributed by atoms with Gasteiger partial charge in [0.05, 0.1) is 5.56 Å². The zero-order valence-corrected chi connectivity index (χ0v) is 13.1. The summed E-state index contributed by atoms with van der Waals surface area (Å²) in [5, 5.41) is 3.27. The molecule has 1 aromatic carbocycles. The van der Waals surface area contributed by atoms with Gasteiger partial charge in [0, 0.05) is 16.4 Å². The number of thiocarbonyl (C=S) groups is 1. The lowest BCUT2D eigenvalue weighted by atomic mass is 10.1. The third-order valence-electron chi connectivity index (χ3n) is 2.71. The summed E-state index contributed by atoms with van der Waals surface area (Å²) in [6.07, 6.45) is 1.74. The van der Waals surface area contributed by atoms with Crippen molar-refractivity contribution in [2.75, 3.05) is 5.32 Å². The van der Waals surface area contributed by atoms with Crippen LogP contribution in [0.5, 0.6) is 0 Å². The van der Waals surface area contributed by atoms with Crippen LogP contribution in [-0.4, -0.2) is 9.97 Å². The Morgan fingerprint density at radius 1 is 1.32 bits per heavy atom. The molecule has 0 bridgehead atoms. The van der Waals surface area contributed by atoms with Crippen molar-refractivity contribution in [1.82, 2.24) is 4.98 Å². The third kappa shape index (κ3) is 3.30. The number of halogens is 1. The molecule has 0 radical (unpaired) electrons. The fourth-order valence-electron chi connectivity index (χ4n) is 1.91. The van der Waals surface area contributed by atoms with Crippen LogP contribution in [0.4, 0.5) is 11.5 Å². The number of nitrogens with two attached hydrogens (primary N) is 1. The second-order valence-corrected chi connectivity index (χ2v) is 5.71. The molecule has 2 aromatic rings. The Balaban J connectivity index is 2.43. The molecule has 0 aliphatic rings. The fraction of sp³-hybridized carbons (Fsp3) is 0.143. The number of pyridine rings is 1. The predicted octanol–water partition coefficient (Wildman–Crippen LogP) is 3.84. The molecule has 19 heavy (non-hydrogen) atoms. The van der Waals surface area contributed by atoms with Crippen molar-refractivity contribution in [2.45, 2.75) is 13.8 Å². The summed E-state index contributed by atoms with van der Waals surface area (Å²) in [6.45, 7) is 4.00. The van der Waals surface area contributed by atoms with Crippen LogP contribution in [-0.2, 0) is 0 Å². The van der Waals surface area contributed by atoms with Gasteiger partial charge in [0.15, 0.2) is 0 Å². The van der Waals surface area contributed by atoms with Crippen molar-refractivity contribution >= 4 is 44.6 Å². The van der Waals surface area contributed by atoms with Crippen LogP contribution in [0.1, 0.15) is 16.7 Å². The van der Waals surface area contributed by atoms with Crippen molar-refractivity contribution in [1.29, 1.82) is 0 Å². The van der Waals surface area contributed by atoms with Gasteiger partial charge in [0.1, 0.15) is 10.8 Å². The summed E-state index contributed by atoms with van der Waals surface area (Å²) in [7, 11) is 0. The van der Waals surface area contributed by atoms with Gasteiger partial charge >= 0.3 is 0 Å². The molecule has 0 aliphatic carbocycles. The minimum atomic E-state index is 0.347. The van der Waals surface area contributed by atoms with E-state index in [2.05, 4.69) is 26.2 Å². The normalized spacial score (nSPS) is 10.3. The first kappa shape index (κ1) is 14.0. The van der Waals surface area contributed by atoms with Gasteiger partial charge in [0.25, 0.3) is 0 Å². The second-order valence-electron chi connectivity index (χ2n) is 4.36. The van der Waals surface area contributed by atoms with E-state index < -0.39 is 0 Å². The summed E-state index contributed by atoms with van der Waals surface area (Å²) in [6, 6.07) is 7.97. The minimum Gasteiger partial charge on any atom is -0.389 e. The van der Waals surface area contributed by atoms with Crippen molar-refractivity contribution in [2.24, 2.45) is 5.73 Å². The Labute approximate surface area is 126 Å². The number of aryl methyl sites for hydroxylation is 2. The van der Waals surface area contributed by atoms with Gasteiger partial charge in [-0.1, -0.05) is 28.1 Å². The molecule has 0 spiro atoms. The molecule has 1 heterocycles. The van der Waals surface area contributed by atoms with Gasteiger partial charge in [-0.25, -0.2) is 4.98 Å². The van der Waals surface area contributed by atoms with E-state index in [1.54, 1.807) is 6.20 Å². The average Bonchev–Trinajstić information content (AvgIpc) is 2.26. The summed E-state index contributed by atoms with van der Waals surface area (Å²) in [5.41, 5.74) is 9.67. The molecule has 0 saturated heterocycles. The molecule has 3 nitrogen and oxygen atoms in total. The lowest BCUT2D eigenvalue weighted by Crippen LogP contribution is -2.14. The zero-order valence-electron chi connectivity index (χ0n) is 10.7. The smallest absolute Gasteiger partial charge is 0.140 e. The van der Waals surface area contributed by atoms with E-state index in [-0.39, 0.29) is 0 Å². The first-order valence-corrected chi connectivity index (χ1v) is 6.97. The van der Waals surface area contributed by atoms with Crippen molar-refractivity contribution < 1.29 is 0 Å². The third-order valence-corrected chi connectivity index (χ3v) is 3.37. The molecule has 0 aliphatic heterocycles. The average molecular weight is 336 g/mol. The van der Waals surface area contributed by atoms with Crippen LogP contribution in [0.25, 0.3) is 0 Å².